The molecule has 6 heteroatoms. The number of ether oxygens (including phenoxy) is 2. The normalized spacial score (nSPS) is 9.91. The molecule has 0 bridgehead atoms. The molecule has 5 nitrogen and oxygen atoms in total. The van der Waals surface area contributed by atoms with E-state index in [0.717, 1.165) is 0 Å². The van der Waals surface area contributed by atoms with Gasteiger partial charge >= 0.3 is 5.97 Å². The Morgan fingerprint density at radius 2 is 1.77 bits per heavy atom. The maximum absolute atomic E-state index is 11.9. The number of esters is 1. The number of para-hydroxylation sites is 1. The van der Waals surface area contributed by atoms with Gasteiger partial charge in [0, 0.05) is 10.7 Å². The number of halogens is 1. The average Bonchev–Trinajstić information content (AvgIpc) is 2.54. The van der Waals surface area contributed by atoms with Gasteiger partial charge in [-0.05, 0) is 36.4 Å². The molecule has 22 heavy (non-hydrogen) atoms. The van der Waals surface area contributed by atoms with Crippen molar-refractivity contribution in [1.29, 1.82) is 0 Å². The van der Waals surface area contributed by atoms with Gasteiger partial charge in [-0.1, -0.05) is 23.7 Å². The highest BCUT2D eigenvalue weighted by Gasteiger charge is 2.14. The molecule has 0 saturated carbocycles. The molecule has 0 unspecified atom stereocenters. The van der Waals surface area contributed by atoms with Crippen LogP contribution in [0.25, 0.3) is 0 Å². The third-order valence-electron chi connectivity index (χ3n) is 2.79. The van der Waals surface area contributed by atoms with Crippen molar-refractivity contribution in [2.45, 2.75) is 0 Å². The molecule has 0 atom stereocenters. The van der Waals surface area contributed by atoms with Crippen LogP contribution in [0.4, 0.5) is 5.69 Å². The van der Waals surface area contributed by atoms with E-state index in [2.05, 4.69) is 5.32 Å². The summed E-state index contributed by atoms with van der Waals surface area (Å²) in [5.74, 6) is -0.667. The van der Waals surface area contributed by atoms with E-state index in [0.29, 0.717) is 16.5 Å². The van der Waals surface area contributed by atoms with Gasteiger partial charge in [0.25, 0.3) is 5.91 Å². The van der Waals surface area contributed by atoms with Gasteiger partial charge in [0.15, 0.2) is 6.61 Å². The zero-order valence-electron chi connectivity index (χ0n) is 11.8. The Morgan fingerprint density at radius 3 is 2.45 bits per heavy atom. The largest absolute Gasteiger partial charge is 0.496 e. The monoisotopic (exact) mass is 319 g/mol. The van der Waals surface area contributed by atoms with E-state index < -0.39 is 11.9 Å². The Hall–Kier alpha value is -2.53. The number of nitrogens with one attached hydrogen (secondary N) is 1. The Labute approximate surface area is 132 Å². The summed E-state index contributed by atoms with van der Waals surface area (Å²) in [6.45, 7) is -0.389. The van der Waals surface area contributed by atoms with Crippen LogP contribution in [0.1, 0.15) is 10.4 Å². The van der Waals surface area contributed by atoms with Crippen molar-refractivity contribution in [2.75, 3.05) is 19.0 Å². The fourth-order valence-corrected chi connectivity index (χ4v) is 1.88. The van der Waals surface area contributed by atoms with Crippen LogP contribution in [-0.2, 0) is 9.53 Å². The molecule has 0 aromatic heterocycles. The second kappa shape index (κ2) is 7.47. The number of carbonyl (C=O) groups is 2. The quantitative estimate of drug-likeness (QED) is 0.860. The van der Waals surface area contributed by atoms with Crippen molar-refractivity contribution in [2.24, 2.45) is 0 Å². The van der Waals surface area contributed by atoms with Crippen LogP contribution in [0.2, 0.25) is 5.02 Å². The first kappa shape index (κ1) is 15.9. The highest BCUT2D eigenvalue weighted by Crippen LogP contribution is 2.18. The Kier molecular flexibility index (Phi) is 5.38. The molecular formula is C16H14ClNO4. The van der Waals surface area contributed by atoms with E-state index in [1.807, 2.05) is 0 Å². The molecule has 0 fully saturated rings. The Balaban J connectivity index is 1.90. The zero-order chi connectivity index (χ0) is 15.9. The third kappa shape index (κ3) is 4.23. The Morgan fingerprint density at radius 1 is 1.09 bits per heavy atom. The summed E-state index contributed by atoms with van der Waals surface area (Å²) in [5, 5.41) is 3.17. The summed E-state index contributed by atoms with van der Waals surface area (Å²) in [7, 11) is 1.46. The minimum Gasteiger partial charge on any atom is -0.496 e. The van der Waals surface area contributed by atoms with E-state index in [9.17, 15) is 9.59 Å². The van der Waals surface area contributed by atoms with Gasteiger partial charge in [0.2, 0.25) is 0 Å². The van der Waals surface area contributed by atoms with Gasteiger partial charge in [0.1, 0.15) is 11.3 Å². The van der Waals surface area contributed by atoms with Gasteiger partial charge in [-0.15, -0.1) is 0 Å². The molecule has 2 aromatic rings. The molecule has 1 amide bonds. The van der Waals surface area contributed by atoms with Crippen LogP contribution < -0.4 is 10.1 Å². The second-order valence-electron chi connectivity index (χ2n) is 4.33. The molecule has 0 spiro atoms. The summed E-state index contributed by atoms with van der Waals surface area (Å²) < 4.78 is 10.0. The smallest absolute Gasteiger partial charge is 0.342 e. The van der Waals surface area contributed by atoms with E-state index in [-0.39, 0.29) is 12.2 Å². The topological polar surface area (TPSA) is 64.6 Å². The number of methoxy groups -OCH3 is 1. The third-order valence-corrected chi connectivity index (χ3v) is 3.04. The van der Waals surface area contributed by atoms with Gasteiger partial charge < -0.3 is 14.8 Å². The van der Waals surface area contributed by atoms with E-state index in [1.165, 1.54) is 7.11 Å². The van der Waals surface area contributed by atoms with Gasteiger partial charge in [-0.2, -0.15) is 0 Å². The molecule has 1 N–H and O–H groups in total. The number of carbonyl (C=O) groups excluding carboxylic acids is 2. The van der Waals surface area contributed by atoms with Crippen molar-refractivity contribution < 1.29 is 19.1 Å². The van der Waals surface area contributed by atoms with E-state index in [1.54, 1.807) is 48.5 Å². The van der Waals surface area contributed by atoms with Crippen LogP contribution in [0, 0.1) is 0 Å². The standard InChI is InChI=1S/C16H14ClNO4/c1-21-14-5-3-2-4-13(14)16(20)22-10-15(19)18-12-8-6-11(17)7-9-12/h2-9H,10H2,1H3,(H,18,19). The highest BCUT2D eigenvalue weighted by atomic mass is 35.5. The molecule has 0 heterocycles. The minimum absolute atomic E-state index is 0.268. The summed E-state index contributed by atoms with van der Waals surface area (Å²) in [6.07, 6.45) is 0. The predicted octanol–water partition coefficient (Wildman–Crippen LogP) is 3.14. The van der Waals surface area contributed by atoms with E-state index >= 15 is 0 Å². The molecular weight excluding hydrogens is 306 g/mol. The van der Waals surface area contributed by atoms with Gasteiger partial charge in [-0.25, -0.2) is 4.79 Å². The SMILES string of the molecule is COc1ccccc1C(=O)OCC(=O)Nc1ccc(Cl)cc1. The minimum atomic E-state index is -0.622. The van der Waals surface area contributed by atoms with Crippen molar-refractivity contribution in [3.63, 3.8) is 0 Å². The summed E-state index contributed by atoms with van der Waals surface area (Å²) in [5.41, 5.74) is 0.840. The first-order valence-corrected chi connectivity index (χ1v) is 6.83. The number of benzene rings is 2. The average molecular weight is 320 g/mol. The van der Waals surface area contributed by atoms with Crippen LogP contribution in [0.3, 0.4) is 0 Å². The van der Waals surface area contributed by atoms with Crippen molar-refractivity contribution >= 4 is 29.2 Å². The first-order valence-electron chi connectivity index (χ1n) is 6.45. The molecule has 0 aliphatic rings. The molecule has 114 valence electrons. The summed E-state index contributed by atoms with van der Waals surface area (Å²) in [4.78, 5) is 23.7. The number of hydrogen-bond acceptors (Lipinski definition) is 4. The molecule has 0 aliphatic heterocycles. The molecule has 2 aromatic carbocycles. The number of hydrogen-bond donors (Lipinski definition) is 1. The second-order valence-corrected chi connectivity index (χ2v) is 4.77. The lowest BCUT2D eigenvalue weighted by molar-refractivity contribution is -0.119. The van der Waals surface area contributed by atoms with Crippen molar-refractivity contribution in [3.05, 3.63) is 59.1 Å². The fourth-order valence-electron chi connectivity index (χ4n) is 1.75. The number of amides is 1. The molecule has 0 radical (unpaired) electrons. The predicted molar refractivity (Wildman–Crippen MR) is 83.4 cm³/mol. The van der Waals surface area contributed by atoms with Crippen LogP contribution in [-0.4, -0.2) is 25.6 Å². The van der Waals surface area contributed by atoms with Gasteiger partial charge in [0.05, 0.1) is 7.11 Å². The number of anilines is 1. The first-order chi connectivity index (χ1) is 10.6. The maximum Gasteiger partial charge on any atom is 0.342 e. The van der Waals surface area contributed by atoms with Crippen molar-refractivity contribution in [1.82, 2.24) is 0 Å². The molecule has 0 aliphatic carbocycles. The summed E-state index contributed by atoms with van der Waals surface area (Å²) in [6, 6.07) is 13.2. The number of rotatable bonds is 5. The van der Waals surface area contributed by atoms with Crippen molar-refractivity contribution in [3.8, 4) is 5.75 Å². The Bertz CT molecular complexity index is 670. The van der Waals surface area contributed by atoms with E-state index in [4.69, 9.17) is 21.1 Å². The fraction of sp³-hybridized carbons (Fsp3) is 0.125. The lowest BCUT2D eigenvalue weighted by Crippen LogP contribution is -2.21. The lowest BCUT2D eigenvalue weighted by Gasteiger charge is -2.09. The van der Waals surface area contributed by atoms with Crippen LogP contribution in [0.5, 0.6) is 5.75 Å². The molecule has 0 saturated heterocycles. The van der Waals surface area contributed by atoms with Crippen LogP contribution in [0.15, 0.2) is 48.5 Å². The highest BCUT2D eigenvalue weighted by molar-refractivity contribution is 6.30. The maximum atomic E-state index is 11.9. The van der Waals surface area contributed by atoms with Crippen LogP contribution >= 0.6 is 11.6 Å². The lowest BCUT2D eigenvalue weighted by atomic mass is 10.2. The zero-order valence-corrected chi connectivity index (χ0v) is 12.6. The van der Waals surface area contributed by atoms with Gasteiger partial charge in [-0.3, -0.25) is 4.79 Å². The summed E-state index contributed by atoms with van der Waals surface area (Å²) >= 11 is 5.75. The molecule has 2 rings (SSSR count).